The van der Waals surface area contributed by atoms with Gasteiger partial charge in [0.05, 0.1) is 25.0 Å². The van der Waals surface area contributed by atoms with Gasteiger partial charge >= 0.3 is 5.97 Å². The first-order valence-corrected chi connectivity index (χ1v) is 7.88. The third-order valence-corrected chi connectivity index (χ3v) is 4.15. The molecule has 9 heteroatoms. The van der Waals surface area contributed by atoms with Gasteiger partial charge in [0.2, 0.25) is 0 Å². The fraction of sp³-hybridized carbons (Fsp3) is 0.533. The van der Waals surface area contributed by atoms with Crippen LogP contribution < -0.4 is 4.90 Å². The number of ether oxygens (including phenoxy) is 1. The Balaban J connectivity index is 1.80. The Morgan fingerprint density at radius 2 is 2.29 bits per heavy atom. The lowest BCUT2D eigenvalue weighted by Gasteiger charge is -2.33. The van der Waals surface area contributed by atoms with Gasteiger partial charge in [-0.2, -0.15) is 0 Å². The van der Waals surface area contributed by atoms with Crippen molar-refractivity contribution in [2.24, 2.45) is 0 Å². The van der Waals surface area contributed by atoms with Crippen molar-refractivity contribution in [2.45, 2.75) is 32.2 Å². The highest BCUT2D eigenvalue weighted by Crippen LogP contribution is 2.27. The van der Waals surface area contributed by atoms with Crippen molar-refractivity contribution in [3.63, 3.8) is 0 Å². The molecule has 2 aromatic rings. The summed E-state index contributed by atoms with van der Waals surface area (Å²) < 4.78 is 20.8. The third-order valence-electron chi connectivity index (χ3n) is 4.15. The summed E-state index contributed by atoms with van der Waals surface area (Å²) in [6.07, 6.45) is 5.21. The first kappa shape index (κ1) is 16.3. The molecule has 8 nitrogen and oxygen atoms in total. The Morgan fingerprint density at radius 3 is 3.04 bits per heavy atom. The van der Waals surface area contributed by atoms with Crippen LogP contribution in [-0.4, -0.2) is 51.1 Å². The monoisotopic (exact) mass is 334 g/mol. The number of carbonyl (C=O) groups is 1. The van der Waals surface area contributed by atoms with Crippen molar-refractivity contribution < 1.29 is 13.9 Å². The fourth-order valence-electron chi connectivity index (χ4n) is 2.88. The summed E-state index contributed by atoms with van der Waals surface area (Å²) in [5.74, 6) is -0.572. The van der Waals surface area contributed by atoms with Gasteiger partial charge in [0, 0.05) is 13.1 Å². The van der Waals surface area contributed by atoms with Crippen molar-refractivity contribution in [3.05, 3.63) is 29.7 Å². The third kappa shape index (κ3) is 3.06. The molecule has 0 unspecified atom stereocenters. The number of carbonyl (C=O) groups excluding carboxylic acids is 1. The van der Waals surface area contributed by atoms with E-state index in [1.807, 2.05) is 11.8 Å². The van der Waals surface area contributed by atoms with Gasteiger partial charge in [0.25, 0.3) is 0 Å². The minimum absolute atomic E-state index is 0.0101. The summed E-state index contributed by atoms with van der Waals surface area (Å²) in [6, 6.07) is -0.0101. The molecule has 0 aromatic carbocycles. The molecule has 0 bridgehead atoms. The van der Waals surface area contributed by atoms with Crippen LogP contribution >= 0.6 is 0 Å². The number of piperidine rings is 1. The summed E-state index contributed by atoms with van der Waals surface area (Å²) in [5, 5.41) is 7.83. The number of hydrogen-bond donors (Lipinski definition) is 0. The first-order chi connectivity index (χ1) is 11.6. The van der Waals surface area contributed by atoms with Gasteiger partial charge in [-0.1, -0.05) is 12.1 Å². The van der Waals surface area contributed by atoms with Crippen LogP contribution in [0.1, 0.15) is 42.0 Å². The zero-order valence-corrected chi connectivity index (χ0v) is 13.6. The molecule has 24 heavy (non-hydrogen) atoms. The maximum absolute atomic E-state index is 14.5. The predicted molar refractivity (Wildman–Crippen MR) is 83.2 cm³/mol. The number of methoxy groups -OCH3 is 1. The van der Waals surface area contributed by atoms with Crippen molar-refractivity contribution >= 4 is 11.8 Å². The number of esters is 1. The van der Waals surface area contributed by atoms with Gasteiger partial charge in [-0.05, 0) is 19.3 Å². The Morgan fingerprint density at radius 1 is 1.46 bits per heavy atom. The average Bonchev–Trinajstić information content (AvgIpc) is 3.11. The number of aryl methyl sites for hydroxylation is 1. The minimum atomic E-state index is -0.525. The summed E-state index contributed by atoms with van der Waals surface area (Å²) in [6.45, 7) is 3.12. The maximum Gasteiger partial charge on any atom is 0.360 e. The molecular weight excluding hydrogens is 315 g/mol. The number of anilines is 1. The first-order valence-electron chi connectivity index (χ1n) is 7.88. The van der Waals surface area contributed by atoms with E-state index in [2.05, 4.69) is 25.0 Å². The number of aromatic nitrogens is 5. The zero-order chi connectivity index (χ0) is 17.1. The van der Waals surface area contributed by atoms with Gasteiger partial charge in [-0.25, -0.2) is 23.8 Å². The van der Waals surface area contributed by atoms with Crippen molar-refractivity contribution in [2.75, 3.05) is 25.1 Å². The summed E-state index contributed by atoms with van der Waals surface area (Å²) in [7, 11) is 1.30. The van der Waals surface area contributed by atoms with Crippen LogP contribution in [0.3, 0.4) is 0 Å². The van der Waals surface area contributed by atoms with Crippen molar-refractivity contribution in [1.29, 1.82) is 0 Å². The van der Waals surface area contributed by atoms with E-state index in [0.717, 1.165) is 12.8 Å². The molecule has 3 heterocycles. The van der Waals surface area contributed by atoms with Crippen molar-refractivity contribution in [3.8, 4) is 0 Å². The van der Waals surface area contributed by atoms with E-state index in [0.29, 0.717) is 31.0 Å². The van der Waals surface area contributed by atoms with Crippen LogP contribution in [0, 0.1) is 5.82 Å². The number of nitrogens with zero attached hydrogens (tertiary/aromatic N) is 6. The van der Waals surface area contributed by atoms with E-state index >= 15 is 0 Å². The van der Waals surface area contributed by atoms with E-state index in [1.54, 1.807) is 10.9 Å². The maximum atomic E-state index is 14.5. The van der Waals surface area contributed by atoms with E-state index < -0.39 is 5.97 Å². The second-order valence-electron chi connectivity index (χ2n) is 5.63. The lowest BCUT2D eigenvalue weighted by Crippen LogP contribution is -2.38. The minimum Gasteiger partial charge on any atom is -0.464 e. The molecule has 3 rings (SSSR count). The van der Waals surface area contributed by atoms with Crippen LogP contribution in [0.25, 0.3) is 0 Å². The molecule has 1 atom stereocenters. The lowest BCUT2D eigenvalue weighted by molar-refractivity contribution is 0.0594. The van der Waals surface area contributed by atoms with Crippen LogP contribution in [0.15, 0.2) is 12.5 Å². The van der Waals surface area contributed by atoms with E-state index in [9.17, 15) is 9.18 Å². The van der Waals surface area contributed by atoms with Gasteiger partial charge in [-0.3, -0.25) is 0 Å². The molecule has 0 radical (unpaired) electrons. The van der Waals surface area contributed by atoms with Gasteiger partial charge in [-0.15, -0.1) is 5.10 Å². The standard InChI is InChI=1S/C15H19FN6O2/c1-3-11-13(16)14(18-9-17-11)21-6-4-5-10(7-21)22-8-12(19-20-22)15(23)24-2/h8-10H,3-7H2,1-2H3/t10-/m0/s1. The van der Waals surface area contributed by atoms with E-state index in [4.69, 9.17) is 0 Å². The largest absolute Gasteiger partial charge is 0.464 e. The molecular formula is C15H19FN6O2. The Labute approximate surface area is 138 Å². The van der Waals surface area contributed by atoms with E-state index in [1.165, 1.54) is 13.4 Å². The van der Waals surface area contributed by atoms with Crippen LogP contribution in [-0.2, 0) is 11.2 Å². The highest BCUT2D eigenvalue weighted by molar-refractivity contribution is 5.86. The van der Waals surface area contributed by atoms with E-state index in [-0.39, 0.29) is 17.6 Å². The van der Waals surface area contributed by atoms with Gasteiger partial charge in [0.1, 0.15) is 6.33 Å². The molecule has 0 amide bonds. The molecule has 1 aliphatic rings. The average molecular weight is 334 g/mol. The number of halogens is 1. The predicted octanol–water partition coefficient (Wildman–Crippen LogP) is 1.40. The summed E-state index contributed by atoms with van der Waals surface area (Å²) in [4.78, 5) is 21.5. The Hall–Kier alpha value is -2.58. The van der Waals surface area contributed by atoms with Crippen LogP contribution in [0.4, 0.5) is 10.2 Å². The lowest BCUT2D eigenvalue weighted by atomic mass is 10.1. The zero-order valence-electron chi connectivity index (χ0n) is 13.6. The summed E-state index contributed by atoms with van der Waals surface area (Å²) in [5.41, 5.74) is 0.576. The second-order valence-corrected chi connectivity index (χ2v) is 5.63. The summed E-state index contributed by atoms with van der Waals surface area (Å²) >= 11 is 0. The van der Waals surface area contributed by atoms with Crippen LogP contribution in [0.5, 0.6) is 0 Å². The quantitative estimate of drug-likeness (QED) is 0.781. The number of hydrogen-bond acceptors (Lipinski definition) is 7. The normalized spacial score (nSPS) is 17.8. The molecule has 1 aliphatic heterocycles. The molecule has 2 aromatic heterocycles. The highest BCUT2D eigenvalue weighted by Gasteiger charge is 2.26. The molecule has 1 fully saturated rings. The van der Waals surface area contributed by atoms with Crippen molar-refractivity contribution in [1.82, 2.24) is 25.0 Å². The SMILES string of the molecule is CCc1ncnc(N2CCC[C@H](n3cc(C(=O)OC)nn3)C2)c1F. The Bertz CT molecular complexity index is 735. The highest BCUT2D eigenvalue weighted by atomic mass is 19.1. The molecule has 0 spiro atoms. The Kier molecular flexibility index (Phi) is 4.68. The van der Waals surface area contributed by atoms with Gasteiger partial charge < -0.3 is 9.64 Å². The van der Waals surface area contributed by atoms with Gasteiger partial charge in [0.15, 0.2) is 17.3 Å². The molecule has 0 saturated carbocycles. The topological polar surface area (TPSA) is 86.0 Å². The second kappa shape index (κ2) is 6.90. The molecule has 1 saturated heterocycles. The molecule has 0 aliphatic carbocycles. The van der Waals surface area contributed by atoms with Crippen LogP contribution in [0.2, 0.25) is 0 Å². The number of rotatable bonds is 4. The molecule has 0 N–H and O–H groups in total. The molecule has 128 valence electrons. The fourth-order valence-corrected chi connectivity index (χ4v) is 2.88. The smallest absolute Gasteiger partial charge is 0.360 e.